The average Bonchev–Trinajstić information content (AvgIpc) is 3.45. The summed E-state index contributed by atoms with van der Waals surface area (Å²) in [6.45, 7) is 4.70. The zero-order chi connectivity index (χ0) is 16.2. The van der Waals surface area contributed by atoms with Gasteiger partial charge in [-0.3, -0.25) is 4.79 Å². The van der Waals surface area contributed by atoms with Crippen molar-refractivity contribution in [2.75, 3.05) is 11.5 Å². The molecule has 2 saturated heterocycles. The van der Waals surface area contributed by atoms with Gasteiger partial charge in [0.25, 0.3) is 0 Å². The second kappa shape index (κ2) is 8.65. The predicted molar refractivity (Wildman–Crippen MR) is 104 cm³/mol. The Hall–Kier alpha value is 0.370. The van der Waals surface area contributed by atoms with Crippen LogP contribution in [0.2, 0.25) is 0 Å². The highest BCUT2D eigenvalue weighted by molar-refractivity contribution is 8.07. The molecule has 4 fully saturated rings. The first-order valence-corrected chi connectivity index (χ1v) is 12.0. The van der Waals surface area contributed by atoms with E-state index in [9.17, 15) is 4.79 Å². The monoisotopic (exact) mass is 354 g/mol. The van der Waals surface area contributed by atoms with Crippen LogP contribution in [-0.2, 0) is 4.79 Å². The Morgan fingerprint density at radius 1 is 0.826 bits per heavy atom. The predicted octanol–water partition coefficient (Wildman–Crippen LogP) is 5.82. The van der Waals surface area contributed by atoms with Crippen molar-refractivity contribution in [1.82, 2.24) is 0 Å². The van der Waals surface area contributed by atoms with Crippen LogP contribution in [0.3, 0.4) is 0 Å². The first kappa shape index (κ1) is 18.2. The maximum absolute atomic E-state index is 11.6. The summed E-state index contributed by atoms with van der Waals surface area (Å²) in [5.74, 6) is 6.55. The molecule has 0 radical (unpaired) electrons. The zero-order valence-corrected chi connectivity index (χ0v) is 16.6. The molecule has 0 aromatic heterocycles. The fourth-order valence-electron chi connectivity index (χ4n) is 4.16. The molecule has 2 saturated carbocycles. The molecular formula is C20H34OS2. The van der Waals surface area contributed by atoms with E-state index in [1.807, 2.05) is 11.8 Å². The van der Waals surface area contributed by atoms with E-state index in [0.29, 0.717) is 17.0 Å². The largest absolute Gasteiger partial charge is 0.298 e. The highest BCUT2D eigenvalue weighted by Gasteiger charge is 2.36. The van der Waals surface area contributed by atoms with Gasteiger partial charge in [-0.25, -0.2) is 0 Å². The van der Waals surface area contributed by atoms with Crippen LogP contribution in [0.4, 0.5) is 0 Å². The van der Waals surface area contributed by atoms with Gasteiger partial charge < -0.3 is 0 Å². The topological polar surface area (TPSA) is 17.1 Å². The minimum absolute atomic E-state index is 0.406. The molecule has 2 heterocycles. The van der Waals surface area contributed by atoms with Crippen molar-refractivity contribution < 1.29 is 4.79 Å². The van der Waals surface area contributed by atoms with E-state index in [-0.39, 0.29) is 0 Å². The Balaban J connectivity index is 0.000000136. The first-order valence-electron chi connectivity index (χ1n) is 9.88. The van der Waals surface area contributed by atoms with Gasteiger partial charge in [-0.15, -0.1) is 11.8 Å². The summed E-state index contributed by atoms with van der Waals surface area (Å²) in [6, 6.07) is 0. The Labute approximate surface area is 151 Å². The molecule has 2 atom stereocenters. The summed E-state index contributed by atoms with van der Waals surface area (Å²) < 4.78 is 0. The molecule has 3 heteroatoms. The average molecular weight is 355 g/mol. The van der Waals surface area contributed by atoms with Crippen LogP contribution in [0.1, 0.15) is 71.6 Å². The fourth-order valence-corrected chi connectivity index (χ4v) is 5.46. The number of hydrogen-bond donors (Lipinski definition) is 0. The highest BCUT2D eigenvalue weighted by atomic mass is 32.2. The molecule has 0 amide bonds. The molecule has 23 heavy (non-hydrogen) atoms. The summed E-state index contributed by atoms with van der Waals surface area (Å²) in [6.07, 6.45) is 12.5. The number of ketones is 1. The third-order valence-electron chi connectivity index (χ3n) is 6.20. The van der Waals surface area contributed by atoms with Gasteiger partial charge in [-0.2, -0.15) is 11.8 Å². The van der Waals surface area contributed by atoms with Crippen molar-refractivity contribution in [1.29, 1.82) is 0 Å². The Kier molecular flexibility index (Phi) is 6.83. The van der Waals surface area contributed by atoms with Crippen LogP contribution >= 0.6 is 23.5 Å². The van der Waals surface area contributed by atoms with Gasteiger partial charge in [0.1, 0.15) is 5.78 Å². The van der Waals surface area contributed by atoms with Crippen LogP contribution in [0.15, 0.2) is 0 Å². The van der Waals surface area contributed by atoms with Gasteiger partial charge >= 0.3 is 0 Å². The number of hydrogen-bond acceptors (Lipinski definition) is 3. The quantitative estimate of drug-likeness (QED) is 0.593. The van der Waals surface area contributed by atoms with Gasteiger partial charge in [0.2, 0.25) is 0 Å². The summed E-state index contributed by atoms with van der Waals surface area (Å²) in [4.78, 5) is 11.6. The zero-order valence-electron chi connectivity index (χ0n) is 15.0. The van der Waals surface area contributed by atoms with E-state index in [4.69, 9.17) is 0 Å². The van der Waals surface area contributed by atoms with Gasteiger partial charge in [0.05, 0.1) is 5.25 Å². The van der Waals surface area contributed by atoms with E-state index in [1.165, 1.54) is 50.7 Å². The first-order chi connectivity index (χ1) is 11.1. The third-order valence-corrected chi connectivity index (χ3v) is 8.10. The maximum Gasteiger partial charge on any atom is 0.149 e. The molecule has 4 aliphatic rings. The van der Waals surface area contributed by atoms with E-state index in [1.54, 1.807) is 0 Å². The SMILES string of the molecule is CC1CCC(C(=O)C2CS2)CC1.CC1CCC(CC2CS2)CC1. The summed E-state index contributed by atoms with van der Waals surface area (Å²) in [7, 11) is 0. The summed E-state index contributed by atoms with van der Waals surface area (Å²) in [5.41, 5.74) is 0. The third kappa shape index (κ3) is 6.30. The van der Waals surface area contributed by atoms with Crippen molar-refractivity contribution in [3.05, 3.63) is 0 Å². The summed E-state index contributed by atoms with van der Waals surface area (Å²) >= 11 is 3.98. The number of rotatable bonds is 4. The molecule has 0 N–H and O–H groups in total. The van der Waals surface area contributed by atoms with E-state index < -0.39 is 0 Å². The lowest BCUT2D eigenvalue weighted by Gasteiger charge is -2.25. The minimum atomic E-state index is 0.406. The van der Waals surface area contributed by atoms with Crippen LogP contribution in [0.5, 0.6) is 0 Å². The normalized spacial score (nSPS) is 42.3. The molecule has 1 nitrogen and oxygen atoms in total. The van der Waals surface area contributed by atoms with Gasteiger partial charge in [-0.05, 0) is 37.0 Å². The van der Waals surface area contributed by atoms with E-state index in [0.717, 1.165) is 41.6 Å². The molecule has 2 unspecified atom stereocenters. The van der Waals surface area contributed by atoms with E-state index in [2.05, 4.69) is 25.6 Å². The van der Waals surface area contributed by atoms with Crippen molar-refractivity contribution >= 4 is 29.3 Å². The van der Waals surface area contributed by atoms with Gasteiger partial charge in [0.15, 0.2) is 0 Å². The molecular weight excluding hydrogens is 320 g/mol. The molecule has 0 aromatic carbocycles. The van der Waals surface area contributed by atoms with Crippen LogP contribution in [0, 0.1) is 23.7 Å². The fraction of sp³-hybridized carbons (Fsp3) is 0.950. The molecule has 0 bridgehead atoms. The Morgan fingerprint density at radius 2 is 1.35 bits per heavy atom. The number of Topliss-reactive ketones (excluding diaryl/α,β-unsaturated/α-hetero) is 1. The number of carbonyl (C=O) groups is 1. The van der Waals surface area contributed by atoms with Crippen molar-refractivity contribution in [2.24, 2.45) is 23.7 Å². The lowest BCUT2D eigenvalue weighted by Crippen LogP contribution is -2.23. The van der Waals surface area contributed by atoms with Crippen LogP contribution < -0.4 is 0 Å². The van der Waals surface area contributed by atoms with Crippen molar-refractivity contribution in [3.63, 3.8) is 0 Å². The second-order valence-corrected chi connectivity index (χ2v) is 11.1. The number of thioether (sulfide) groups is 2. The smallest absolute Gasteiger partial charge is 0.149 e. The van der Waals surface area contributed by atoms with Gasteiger partial charge in [0, 0.05) is 22.7 Å². The summed E-state index contributed by atoms with van der Waals surface area (Å²) in [5, 5.41) is 1.48. The Bertz CT molecular complexity index is 373. The molecule has 132 valence electrons. The molecule has 2 aliphatic heterocycles. The van der Waals surface area contributed by atoms with Crippen LogP contribution in [0.25, 0.3) is 0 Å². The standard InChI is InChI=1S/C10H16OS.C10H18S/c1-7-2-4-8(5-3-7)10(11)9-6-12-9;1-8-2-4-9(5-3-8)6-10-7-11-10/h7-9H,2-6H2,1H3;8-10H,2-7H2,1H3. The lowest BCUT2D eigenvalue weighted by atomic mass is 9.80. The van der Waals surface area contributed by atoms with Crippen LogP contribution in [-0.4, -0.2) is 27.8 Å². The molecule has 4 rings (SSSR count). The maximum atomic E-state index is 11.6. The molecule has 2 aliphatic carbocycles. The lowest BCUT2D eigenvalue weighted by molar-refractivity contribution is -0.122. The second-order valence-electron chi connectivity index (χ2n) is 8.50. The Morgan fingerprint density at radius 3 is 1.83 bits per heavy atom. The minimum Gasteiger partial charge on any atom is -0.298 e. The highest BCUT2D eigenvalue weighted by Crippen LogP contribution is 2.40. The molecule has 0 spiro atoms. The number of carbonyl (C=O) groups excluding carboxylic acids is 1. The van der Waals surface area contributed by atoms with E-state index >= 15 is 0 Å². The van der Waals surface area contributed by atoms with Crippen molar-refractivity contribution in [3.8, 4) is 0 Å². The van der Waals surface area contributed by atoms with Gasteiger partial charge in [-0.1, -0.05) is 52.4 Å². The molecule has 0 aromatic rings. The van der Waals surface area contributed by atoms with Crippen molar-refractivity contribution in [2.45, 2.75) is 82.1 Å².